The Morgan fingerprint density at radius 2 is 2.00 bits per heavy atom. The Morgan fingerprint density at radius 3 is 2.58 bits per heavy atom. The Labute approximate surface area is 96.5 Å². The molecule has 2 aromatic rings. The first-order valence-corrected chi connectivity index (χ1v) is 3.41. The van der Waals surface area contributed by atoms with Gasteiger partial charge in [0.15, 0.2) is 0 Å². The van der Waals surface area contributed by atoms with Gasteiger partial charge < -0.3 is 4.57 Å². The summed E-state index contributed by atoms with van der Waals surface area (Å²) in [5, 5.41) is 0. The van der Waals surface area contributed by atoms with Gasteiger partial charge in [-0.05, 0) is 18.2 Å². The normalized spacial score (nSPS) is 9.00. The number of imidazole rings is 1. The summed E-state index contributed by atoms with van der Waals surface area (Å²) in [5.41, 5.74) is 1.11. The van der Waals surface area contributed by atoms with Gasteiger partial charge in [0.1, 0.15) is 0 Å². The van der Waals surface area contributed by atoms with Gasteiger partial charge in [0.2, 0.25) is 0 Å². The summed E-state index contributed by atoms with van der Waals surface area (Å²) < 4.78 is 1.95. The Balaban J connectivity index is 0.000000720. The maximum atomic E-state index is 3.95. The van der Waals surface area contributed by atoms with Crippen LogP contribution in [0.15, 0.2) is 43.0 Å². The Kier molecular flexibility index (Phi) is 3.63. The van der Waals surface area contributed by atoms with Crippen LogP contribution in [0.2, 0.25) is 0 Å². The fourth-order valence-corrected chi connectivity index (χ4v) is 0.962. The van der Waals surface area contributed by atoms with Crippen LogP contribution >= 0.6 is 0 Å². The molecule has 0 spiro atoms. The van der Waals surface area contributed by atoms with Crippen LogP contribution in [0.1, 0.15) is 0 Å². The van der Waals surface area contributed by atoms with Crippen molar-refractivity contribution in [2.45, 2.75) is 0 Å². The zero-order valence-corrected chi connectivity index (χ0v) is 9.35. The predicted molar refractivity (Wildman–Crippen MR) is 42.4 cm³/mol. The Bertz CT molecular complexity index is 316. The van der Waals surface area contributed by atoms with Crippen molar-refractivity contribution < 1.29 is 32.7 Å². The first kappa shape index (κ1) is 9.62. The van der Waals surface area contributed by atoms with E-state index in [1.165, 1.54) is 0 Å². The van der Waals surface area contributed by atoms with E-state index in [9.17, 15) is 0 Å². The molecule has 2 nitrogen and oxygen atoms in total. The van der Waals surface area contributed by atoms with Crippen LogP contribution in [0.4, 0.5) is 0 Å². The molecule has 0 saturated heterocycles. The molecule has 1 aromatic heterocycles. The maximum absolute atomic E-state index is 3.95. The average Bonchev–Trinajstić information content (AvgIpc) is 2.58. The molecule has 0 saturated carbocycles. The molecule has 2 radical (unpaired) electrons. The zero-order valence-electron chi connectivity index (χ0n) is 6.51. The molecule has 0 aliphatic rings. The molecule has 1 aromatic carbocycles. The first-order chi connectivity index (χ1) is 5.47. The van der Waals surface area contributed by atoms with Gasteiger partial charge in [-0.1, -0.05) is 12.1 Å². The summed E-state index contributed by atoms with van der Waals surface area (Å²) >= 11 is 0. The molecule has 3 heteroatoms. The maximum Gasteiger partial charge on any atom is 0.0991 e. The van der Waals surface area contributed by atoms with Gasteiger partial charge in [-0.25, -0.2) is 4.98 Å². The minimum Gasteiger partial charge on any atom is -0.306 e. The standard InChI is InChI=1S/C9H7N2.Y/c1-2-4-9(5-3-1)11-7-6-10-8-11;/h2-8H;. The van der Waals surface area contributed by atoms with Crippen LogP contribution < -0.4 is 0 Å². The van der Waals surface area contributed by atoms with E-state index >= 15 is 0 Å². The van der Waals surface area contributed by atoms with Crippen molar-refractivity contribution >= 4 is 0 Å². The largest absolute Gasteiger partial charge is 0.306 e. The molecule has 0 N–H and O–H groups in total. The van der Waals surface area contributed by atoms with Crippen LogP contribution in [0.3, 0.4) is 0 Å². The van der Waals surface area contributed by atoms with E-state index in [0.717, 1.165) is 5.69 Å². The summed E-state index contributed by atoms with van der Waals surface area (Å²) in [4.78, 5) is 3.95. The number of rotatable bonds is 1. The topological polar surface area (TPSA) is 17.8 Å². The third-order valence-electron chi connectivity index (χ3n) is 1.50. The quantitative estimate of drug-likeness (QED) is 0.731. The smallest absolute Gasteiger partial charge is 0.0991 e. The second-order valence-corrected chi connectivity index (χ2v) is 2.23. The minimum absolute atomic E-state index is 0. The summed E-state index contributed by atoms with van der Waals surface area (Å²) in [6, 6.07) is 10.7. The van der Waals surface area contributed by atoms with Crippen LogP contribution in [0.5, 0.6) is 0 Å². The SMILES string of the molecule is [Y].[c]1ccc(-n2ccnc2)cc1. The zero-order chi connectivity index (χ0) is 7.52. The molecule has 0 aliphatic heterocycles. The molecule has 0 aliphatic carbocycles. The molecule has 0 bridgehead atoms. The van der Waals surface area contributed by atoms with E-state index in [1.807, 2.05) is 35.0 Å². The summed E-state index contributed by atoms with van der Waals surface area (Å²) in [5.74, 6) is 0. The monoisotopic (exact) mass is 232 g/mol. The molecule has 56 valence electrons. The second-order valence-electron chi connectivity index (χ2n) is 2.23. The van der Waals surface area contributed by atoms with E-state index in [0.29, 0.717) is 0 Å². The molecule has 0 fully saturated rings. The van der Waals surface area contributed by atoms with E-state index < -0.39 is 0 Å². The van der Waals surface area contributed by atoms with Crippen molar-refractivity contribution in [3.63, 3.8) is 0 Å². The number of hydrogen-bond acceptors (Lipinski definition) is 1. The van der Waals surface area contributed by atoms with E-state index in [-0.39, 0.29) is 32.7 Å². The Hall–Kier alpha value is -0.466. The minimum atomic E-state index is 0. The van der Waals surface area contributed by atoms with Gasteiger partial charge in [-0.15, -0.1) is 0 Å². The van der Waals surface area contributed by atoms with E-state index in [1.54, 1.807) is 12.5 Å². The number of nitrogens with zero attached hydrogens (tertiary/aromatic N) is 2. The fourth-order valence-electron chi connectivity index (χ4n) is 0.962. The van der Waals surface area contributed by atoms with Crippen molar-refractivity contribution in [3.8, 4) is 5.69 Å². The van der Waals surface area contributed by atoms with Gasteiger partial charge in [0.05, 0.1) is 6.33 Å². The molecule has 0 amide bonds. The summed E-state index contributed by atoms with van der Waals surface area (Å²) in [6.07, 6.45) is 5.45. The molecular weight excluding hydrogens is 225 g/mol. The van der Waals surface area contributed by atoms with Gasteiger partial charge in [0, 0.05) is 50.8 Å². The van der Waals surface area contributed by atoms with E-state index in [2.05, 4.69) is 11.1 Å². The van der Waals surface area contributed by atoms with Crippen LogP contribution in [-0.2, 0) is 32.7 Å². The number of benzene rings is 1. The van der Waals surface area contributed by atoms with Gasteiger partial charge in [-0.3, -0.25) is 0 Å². The summed E-state index contributed by atoms with van der Waals surface area (Å²) in [6.45, 7) is 0. The van der Waals surface area contributed by atoms with E-state index in [4.69, 9.17) is 0 Å². The fraction of sp³-hybridized carbons (Fsp3) is 0. The third kappa shape index (κ3) is 2.02. The van der Waals surface area contributed by atoms with Crippen molar-refractivity contribution in [2.75, 3.05) is 0 Å². The predicted octanol–water partition coefficient (Wildman–Crippen LogP) is 1.67. The molecule has 0 unspecified atom stereocenters. The number of hydrogen-bond donors (Lipinski definition) is 0. The number of aromatic nitrogens is 2. The third-order valence-corrected chi connectivity index (χ3v) is 1.50. The first-order valence-electron chi connectivity index (χ1n) is 3.41. The molecule has 0 atom stereocenters. The van der Waals surface area contributed by atoms with Crippen LogP contribution in [0, 0.1) is 6.07 Å². The summed E-state index contributed by atoms with van der Waals surface area (Å²) in [7, 11) is 0. The van der Waals surface area contributed by atoms with Crippen molar-refractivity contribution in [3.05, 3.63) is 49.1 Å². The van der Waals surface area contributed by atoms with Crippen molar-refractivity contribution in [1.29, 1.82) is 0 Å². The molecule has 12 heavy (non-hydrogen) atoms. The van der Waals surface area contributed by atoms with Gasteiger partial charge in [-0.2, -0.15) is 0 Å². The van der Waals surface area contributed by atoms with Gasteiger partial charge in [0.25, 0.3) is 0 Å². The molecule has 1 heterocycles. The molecular formula is C9H7N2Y. The van der Waals surface area contributed by atoms with Crippen molar-refractivity contribution in [1.82, 2.24) is 9.55 Å². The van der Waals surface area contributed by atoms with Crippen LogP contribution in [-0.4, -0.2) is 9.55 Å². The van der Waals surface area contributed by atoms with Gasteiger partial charge >= 0.3 is 0 Å². The Morgan fingerprint density at radius 1 is 1.25 bits per heavy atom. The second kappa shape index (κ2) is 4.53. The van der Waals surface area contributed by atoms with Crippen LogP contribution in [0.25, 0.3) is 5.69 Å². The molecule has 2 rings (SSSR count). The average molecular weight is 232 g/mol. The van der Waals surface area contributed by atoms with Crippen molar-refractivity contribution in [2.24, 2.45) is 0 Å².